The summed E-state index contributed by atoms with van der Waals surface area (Å²) in [6.45, 7) is 5.07. The number of carbonyl (C=O) groups is 1. The molecule has 0 aliphatic rings. The number of pyridine rings is 1. The van der Waals surface area contributed by atoms with Crippen LogP contribution in [-0.4, -0.2) is 53.8 Å². The molecule has 1 aromatic heterocycles. The summed E-state index contributed by atoms with van der Waals surface area (Å²) in [7, 11) is 4.20. The first-order valence-electron chi connectivity index (χ1n) is 13.7. The summed E-state index contributed by atoms with van der Waals surface area (Å²) in [5, 5.41) is 13.2. The van der Waals surface area contributed by atoms with Gasteiger partial charge in [-0.15, -0.1) is 0 Å². The number of aryl methyl sites for hydroxylation is 1. The number of rotatable bonds is 12. The number of benzene rings is 3. The Labute approximate surface area is 231 Å². The standard InChI is InChI=1S/C33H39N3O3/c1-5-6-15-27-21-25-14-10-11-16-28(25)33(35-27)39-20-19-36(3,4)31(23(2)37)29-18-17-26(32(34)38)22-30(29)24-12-8-7-9-13-24/h7-14,16-18,21-23,31,37H,5-6,15,19-20H2,1-4H3,(H-,34,38)/p+1/t23-,31-/m1/s1. The van der Waals surface area contributed by atoms with Crippen molar-refractivity contribution in [2.24, 2.45) is 5.73 Å². The van der Waals surface area contributed by atoms with E-state index in [0.29, 0.717) is 29.1 Å². The topological polar surface area (TPSA) is 85.4 Å². The van der Waals surface area contributed by atoms with E-state index in [1.807, 2.05) is 67.6 Å². The van der Waals surface area contributed by atoms with Crippen LogP contribution in [-0.2, 0) is 6.42 Å². The summed E-state index contributed by atoms with van der Waals surface area (Å²) < 4.78 is 6.81. The van der Waals surface area contributed by atoms with E-state index in [-0.39, 0.29) is 6.04 Å². The van der Waals surface area contributed by atoms with Crippen LogP contribution in [0.2, 0.25) is 0 Å². The number of hydrogen-bond acceptors (Lipinski definition) is 4. The fourth-order valence-corrected chi connectivity index (χ4v) is 5.39. The number of aliphatic hydroxyl groups excluding tert-OH is 1. The first kappa shape index (κ1) is 28.3. The van der Waals surface area contributed by atoms with E-state index < -0.39 is 12.0 Å². The molecule has 3 N–H and O–H groups in total. The number of ether oxygens (including phenoxy) is 1. The SMILES string of the molecule is CCCCc1cc2ccccc2c(OCC[N+](C)(C)[C@@H](c2ccc(C(N)=O)cc2-c2ccccc2)[C@@H](C)O)n1. The highest BCUT2D eigenvalue weighted by atomic mass is 16.5. The fourth-order valence-electron chi connectivity index (χ4n) is 5.39. The highest BCUT2D eigenvalue weighted by Gasteiger charge is 2.36. The minimum absolute atomic E-state index is 0.272. The molecule has 0 spiro atoms. The van der Waals surface area contributed by atoms with E-state index in [4.69, 9.17) is 15.5 Å². The van der Waals surface area contributed by atoms with Gasteiger partial charge in [-0.2, -0.15) is 0 Å². The lowest BCUT2D eigenvalue weighted by molar-refractivity contribution is -0.924. The first-order chi connectivity index (χ1) is 18.7. The summed E-state index contributed by atoms with van der Waals surface area (Å²) in [4.78, 5) is 16.8. The normalized spacial score (nSPS) is 13.3. The average molecular weight is 527 g/mol. The molecular formula is C33H40N3O3+. The molecule has 0 radical (unpaired) electrons. The number of hydrogen-bond donors (Lipinski definition) is 2. The molecule has 0 saturated carbocycles. The predicted octanol–water partition coefficient (Wildman–Crippen LogP) is 5.92. The lowest BCUT2D eigenvalue weighted by Gasteiger charge is -2.40. The lowest BCUT2D eigenvalue weighted by atomic mass is 9.89. The van der Waals surface area contributed by atoms with Crippen LogP contribution in [0.15, 0.2) is 78.9 Å². The Morgan fingerprint density at radius 3 is 2.44 bits per heavy atom. The van der Waals surface area contributed by atoms with E-state index in [1.165, 1.54) is 0 Å². The van der Waals surface area contributed by atoms with Crippen LogP contribution in [0.4, 0.5) is 0 Å². The number of aliphatic hydroxyl groups is 1. The number of likely N-dealkylation sites (N-methyl/N-ethyl adjacent to an activating group) is 1. The second kappa shape index (κ2) is 12.4. The maximum absolute atomic E-state index is 12.0. The smallest absolute Gasteiger partial charge is 0.248 e. The fraction of sp³-hybridized carbons (Fsp3) is 0.333. The van der Waals surface area contributed by atoms with Crippen LogP contribution in [0.1, 0.15) is 54.3 Å². The van der Waals surface area contributed by atoms with Gasteiger partial charge < -0.3 is 20.1 Å². The summed E-state index contributed by atoms with van der Waals surface area (Å²) in [6.07, 6.45) is 2.47. The van der Waals surface area contributed by atoms with E-state index in [0.717, 1.165) is 52.4 Å². The van der Waals surface area contributed by atoms with Gasteiger partial charge in [0.15, 0.2) is 0 Å². The van der Waals surface area contributed by atoms with Crippen molar-refractivity contribution in [2.75, 3.05) is 27.2 Å². The van der Waals surface area contributed by atoms with Crippen molar-refractivity contribution in [2.45, 2.75) is 45.3 Å². The third kappa shape index (κ3) is 6.64. The third-order valence-electron chi connectivity index (χ3n) is 7.40. The van der Waals surface area contributed by atoms with Crippen molar-refractivity contribution in [3.8, 4) is 17.0 Å². The monoisotopic (exact) mass is 526 g/mol. The van der Waals surface area contributed by atoms with Crippen LogP contribution in [0.5, 0.6) is 5.88 Å². The van der Waals surface area contributed by atoms with Crippen LogP contribution in [0.3, 0.4) is 0 Å². The molecular weight excluding hydrogens is 486 g/mol. The second-order valence-electron chi connectivity index (χ2n) is 10.8. The maximum atomic E-state index is 12.0. The number of quaternary nitrogens is 1. The molecule has 6 heteroatoms. The van der Waals surface area contributed by atoms with Crippen molar-refractivity contribution in [1.82, 2.24) is 4.98 Å². The molecule has 0 fully saturated rings. The highest BCUT2D eigenvalue weighted by molar-refractivity contribution is 5.94. The first-order valence-corrected chi connectivity index (χ1v) is 13.7. The number of carbonyl (C=O) groups excluding carboxylic acids is 1. The Morgan fingerprint density at radius 2 is 1.74 bits per heavy atom. The minimum atomic E-state index is -0.654. The van der Waals surface area contributed by atoms with Gasteiger partial charge in [-0.3, -0.25) is 4.79 Å². The van der Waals surface area contributed by atoms with Crippen LogP contribution >= 0.6 is 0 Å². The van der Waals surface area contributed by atoms with Crippen molar-refractivity contribution >= 4 is 16.7 Å². The minimum Gasteiger partial charge on any atom is -0.471 e. The molecule has 2 atom stereocenters. The molecule has 0 saturated heterocycles. The third-order valence-corrected chi connectivity index (χ3v) is 7.40. The Kier molecular flexibility index (Phi) is 9.00. The molecule has 0 aliphatic heterocycles. The predicted molar refractivity (Wildman–Crippen MR) is 158 cm³/mol. The second-order valence-corrected chi connectivity index (χ2v) is 10.8. The van der Waals surface area contributed by atoms with Gasteiger partial charge in [-0.05, 0) is 60.5 Å². The molecule has 0 aliphatic carbocycles. The quantitative estimate of drug-likeness (QED) is 0.224. The van der Waals surface area contributed by atoms with Crippen molar-refractivity contribution in [1.29, 1.82) is 0 Å². The Morgan fingerprint density at radius 1 is 1.03 bits per heavy atom. The Bertz CT molecular complexity index is 1420. The Balaban J connectivity index is 1.63. The highest BCUT2D eigenvalue weighted by Crippen LogP contribution is 2.37. The summed E-state index contributed by atoms with van der Waals surface area (Å²) >= 11 is 0. The zero-order valence-electron chi connectivity index (χ0n) is 23.4. The van der Waals surface area contributed by atoms with Gasteiger partial charge in [0.25, 0.3) is 0 Å². The summed E-state index contributed by atoms with van der Waals surface area (Å²) in [6, 6.07) is 25.5. The zero-order chi connectivity index (χ0) is 28.0. The van der Waals surface area contributed by atoms with Gasteiger partial charge in [0.2, 0.25) is 11.8 Å². The van der Waals surface area contributed by atoms with Gasteiger partial charge in [0, 0.05) is 22.2 Å². The van der Waals surface area contributed by atoms with Gasteiger partial charge in [-0.1, -0.05) is 67.9 Å². The van der Waals surface area contributed by atoms with Crippen molar-refractivity contribution in [3.63, 3.8) is 0 Å². The Hall–Kier alpha value is -3.74. The molecule has 6 nitrogen and oxygen atoms in total. The molecule has 0 unspecified atom stereocenters. The molecule has 1 amide bonds. The maximum Gasteiger partial charge on any atom is 0.248 e. The summed E-state index contributed by atoms with van der Waals surface area (Å²) in [5.74, 6) is 0.180. The number of fused-ring (bicyclic) bond motifs is 1. The molecule has 0 bridgehead atoms. The zero-order valence-corrected chi connectivity index (χ0v) is 23.4. The molecule has 1 heterocycles. The number of amides is 1. The van der Waals surface area contributed by atoms with Gasteiger partial charge >= 0.3 is 0 Å². The number of primary amides is 1. The van der Waals surface area contributed by atoms with Gasteiger partial charge in [0.05, 0.1) is 14.1 Å². The number of nitrogens with two attached hydrogens (primary N) is 1. The number of aromatic nitrogens is 1. The van der Waals surface area contributed by atoms with Crippen molar-refractivity contribution in [3.05, 3.63) is 95.7 Å². The average Bonchev–Trinajstić information content (AvgIpc) is 2.92. The van der Waals surface area contributed by atoms with E-state index in [9.17, 15) is 9.90 Å². The van der Waals surface area contributed by atoms with Crippen LogP contribution < -0.4 is 10.5 Å². The lowest BCUT2D eigenvalue weighted by Crippen LogP contribution is -2.50. The molecule has 3 aromatic carbocycles. The van der Waals surface area contributed by atoms with Gasteiger partial charge in [0.1, 0.15) is 25.3 Å². The summed E-state index contributed by atoms with van der Waals surface area (Å²) in [5.41, 5.74) is 9.92. The number of unbranched alkanes of at least 4 members (excludes halogenated alkanes) is 1. The molecule has 204 valence electrons. The molecule has 4 aromatic rings. The van der Waals surface area contributed by atoms with Crippen molar-refractivity contribution < 1.29 is 19.1 Å². The van der Waals surface area contributed by atoms with E-state index in [1.54, 1.807) is 6.07 Å². The van der Waals surface area contributed by atoms with Crippen LogP contribution in [0.25, 0.3) is 21.9 Å². The number of nitrogens with zero attached hydrogens (tertiary/aromatic N) is 2. The van der Waals surface area contributed by atoms with Gasteiger partial charge in [-0.25, -0.2) is 4.98 Å². The molecule has 39 heavy (non-hydrogen) atoms. The van der Waals surface area contributed by atoms with Crippen LogP contribution in [0, 0.1) is 0 Å². The molecule has 4 rings (SSSR count). The van der Waals surface area contributed by atoms with E-state index >= 15 is 0 Å². The largest absolute Gasteiger partial charge is 0.471 e. The van der Waals surface area contributed by atoms with E-state index in [2.05, 4.69) is 33.2 Å².